The van der Waals surface area contributed by atoms with Crippen LogP contribution in [0.3, 0.4) is 0 Å². The molecule has 0 saturated carbocycles. The summed E-state index contributed by atoms with van der Waals surface area (Å²) in [6, 6.07) is 6.02. The van der Waals surface area contributed by atoms with E-state index >= 15 is 0 Å². The maximum absolute atomic E-state index is 10.9. The van der Waals surface area contributed by atoms with Gasteiger partial charge in [-0.05, 0) is 43.4 Å². The third-order valence-corrected chi connectivity index (χ3v) is 3.68. The number of piperidine rings is 1. The number of aryl methyl sites for hydroxylation is 1. The van der Waals surface area contributed by atoms with Crippen LogP contribution in [0.4, 0.5) is 11.4 Å². The molecule has 2 rings (SSSR count). The van der Waals surface area contributed by atoms with Crippen molar-refractivity contribution in [2.45, 2.75) is 26.2 Å². The SMILES string of the molecule is Cc1ccc(N)cc1N1CCC(CC(N)=O)CC1. The van der Waals surface area contributed by atoms with Gasteiger partial charge in [0.15, 0.2) is 0 Å². The van der Waals surface area contributed by atoms with Gasteiger partial charge in [0.25, 0.3) is 0 Å². The standard InChI is InChI=1S/C14H21N3O/c1-10-2-3-12(15)9-13(10)17-6-4-11(5-7-17)8-14(16)18/h2-3,9,11H,4-8,15H2,1H3,(H2,16,18). The second kappa shape index (κ2) is 5.29. The first kappa shape index (κ1) is 12.7. The molecule has 1 aromatic carbocycles. The summed E-state index contributed by atoms with van der Waals surface area (Å²) in [5.41, 5.74) is 14.3. The fraction of sp³-hybridized carbons (Fsp3) is 0.500. The Morgan fingerprint density at radius 3 is 2.67 bits per heavy atom. The lowest BCUT2D eigenvalue weighted by molar-refractivity contribution is -0.119. The van der Waals surface area contributed by atoms with E-state index in [1.807, 2.05) is 12.1 Å². The third kappa shape index (κ3) is 2.94. The zero-order chi connectivity index (χ0) is 13.1. The molecule has 1 aliphatic heterocycles. The van der Waals surface area contributed by atoms with Crippen LogP contribution in [0.1, 0.15) is 24.8 Å². The van der Waals surface area contributed by atoms with E-state index in [0.717, 1.165) is 31.6 Å². The molecule has 98 valence electrons. The number of nitrogen functional groups attached to an aromatic ring is 1. The summed E-state index contributed by atoms with van der Waals surface area (Å²) in [6.07, 6.45) is 2.57. The van der Waals surface area contributed by atoms with E-state index in [0.29, 0.717) is 12.3 Å². The molecule has 1 amide bonds. The minimum absolute atomic E-state index is 0.186. The van der Waals surface area contributed by atoms with Crippen LogP contribution in [0, 0.1) is 12.8 Å². The molecule has 1 heterocycles. The molecule has 0 bridgehead atoms. The van der Waals surface area contributed by atoms with Crippen molar-refractivity contribution in [2.75, 3.05) is 23.7 Å². The molecule has 4 N–H and O–H groups in total. The van der Waals surface area contributed by atoms with Crippen LogP contribution in [-0.2, 0) is 4.79 Å². The first-order chi connectivity index (χ1) is 8.56. The van der Waals surface area contributed by atoms with Crippen LogP contribution in [-0.4, -0.2) is 19.0 Å². The van der Waals surface area contributed by atoms with Crippen molar-refractivity contribution in [3.05, 3.63) is 23.8 Å². The number of anilines is 2. The van der Waals surface area contributed by atoms with E-state index in [1.54, 1.807) is 0 Å². The van der Waals surface area contributed by atoms with Crippen LogP contribution >= 0.6 is 0 Å². The van der Waals surface area contributed by atoms with Gasteiger partial charge in [0.05, 0.1) is 0 Å². The lowest BCUT2D eigenvalue weighted by Crippen LogP contribution is -2.35. The quantitative estimate of drug-likeness (QED) is 0.798. The molecule has 0 radical (unpaired) electrons. The van der Waals surface area contributed by atoms with Crippen LogP contribution in [0.2, 0.25) is 0 Å². The summed E-state index contributed by atoms with van der Waals surface area (Å²) < 4.78 is 0. The monoisotopic (exact) mass is 247 g/mol. The van der Waals surface area contributed by atoms with Crippen molar-refractivity contribution < 1.29 is 4.79 Å². The predicted octanol–water partition coefficient (Wildman–Crippen LogP) is 1.67. The highest BCUT2D eigenvalue weighted by Crippen LogP contribution is 2.28. The summed E-state index contributed by atoms with van der Waals surface area (Å²) in [4.78, 5) is 13.3. The Kier molecular flexibility index (Phi) is 3.75. The van der Waals surface area contributed by atoms with Gasteiger partial charge in [0.1, 0.15) is 0 Å². The topological polar surface area (TPSA) is 72.3 Å². The van der Waals surface area contributed by atoms with Crippen molar-refractivity contribution in [1.82, 2.24) is 0 Å². The van der Waals surface area contributed by atoms with Gasteiger partial charge < -0.3 is 16.4 Å². The van der Waals surface area contributed by atoms with Crippen LogP contribution in [0.25, 0.3) is 0 Å². The average molecular weight is 247 g/mol. The highest BCUT2D eigenvalue weighted by molar-refractivity contribution is 5.74. The average Bonchev–Trinajstić information content (AvgIpc) is 2.33. The zero-order valence-electron chi connectivity index (χ0n) is 10.9. The van der Waals surface area contributed by atoms with E-state index in [4.69, 9.17) is 11.5 Å². The Bertz CT molecular complexity index is 437. The molecule has 4 heteroatoms. The Hall–Kier alpha value is -1.71. The number of hydrogen-bond donors (Lipinski definition) is 2. The number of benzene rings is 1. The molecule has 0 aromatic heterocycles. The number of primary amides is 1. The molecule has 1 saturated heterocycles. The van der Waals surface area contributed by atoms with Gasteiger partial charge in [-0.3, -0.25) is 4.79 Å². The van der Waals surface area contributed by atoms with Gasteiger partial charge in [0, 0.05) is 30.9 Å². The molecular formula is C14H21N3O. The molecular weight excluding hydrogens is 226 g/mol. The maximum Gasteiger partial charge on any atom is 0.217 e. The number of rotatable bonds is 3. The lowest BCUT2D eigenvalue weighted by Gasteiger charge is -2.34. The number of amides is 1. The van der Waals surface area contributed by atoms with Gasteiger partial charge in [-0.15, -0.1) is 0 Å². The minimum Gasteiger partial charge on any atom is -0.399 e. The van der Waals surface area contributed by atoms with Crippen LogP contribution in [0.5, 0.6) is 0 Å². The Morgan fingerprint density at radius 2 is 2.06 bits per heavy atom. The molecule has 0 aliphatic carbocycles. The van der Waals surface area contributed by atoms with Gasteiger partial charge in [-0.1, -0.05) is 6.07 Å². The number of hydrogen-bond acceptors (Lipinski definition) is 3. The third-order valence-electron chi connectivity index (χ3n) is 3.68. The van der Waals surface area contributed by atoms with Gasteiger partial charge in [-0.25, -0.2) is 0 Å². The van der Waals surface area contributed by atoms with Crippen molar-refractivity contribution >= 4 is 17.3 Å². The smallest absolute Gasteiger partial charge is 0.217 e. The van der Waals surface area contributed by atoms with Gasteiger partial charge in [-0.2, -0.15) is 0 Å². The van der Waals surface area contributed by atoms with E-state index in [-0.39, 0.29) is 5.91 Å². The molecule has 0 spiro atoms. The summed E-state index contributed by atoms with van der Waals surface area (Å²) >= 11 is 0. The van der Waals surface area contributed by atoms with Crippen molar-refractivity contribution in [2.24, 2.45) is 11.7 Å². The summed E-state index contributed by atoms with van der Waals surface area (Å²) in [5.74, 6) is 0.258. The second-order valence-electron chi connectivity index (χ2n) is 5.15. The molecule has 0 unspecified atom stereocenters. The fourth-order valence-corrected chi connectivity index (χ4v) is 2.63. The molecule has 1 aromatic rings. The molecule has 18 heavy (non-hydrogen) atoms. The largest absolute Gasteiger partial charge is 0.399 e. The van der Waals surface area contributed by atoms with Crippen LogP contribution in [0.15, 0.2) is 18.2 Å². The first-order valence-corrected chi connectivity index (χ1v) is 6.45. The fourth-order valence-electron chi connectivity index (χ4n) is 2.63. The van der Waals surface area contributed by atoms with E-state index in [9.17, 15) is 4.79 Å². The second-order valence-corrected chi connectivity index (χ2v) is 5.15. The van der Waals surface area contributed by atoms with Gasteiger partial charge >= 0.3 is 0 Å². The summed E-state index contributed by atoms with van der Waals surface area (Å²) in [5, 5.41) is 0. The van der Waals surface area contributed by atoms with Gasteiger partial charge in [0.2, 0.25) is 5.91 Å². The normalized spacial score (nSPS) is 16.8. The Morgan fingerprint density at radius 1 is 1.39 bits per heavy atom. The number of carbonyl (C=O) groups is 1. The minimum atomic E-state index is -0.186. The van der Waals surface area contributed by atoms with Crippen molar-refractivity contribution in [1.29, 1.82) is 0 Å². The first-order valence-electron chi connectivity index (χ1n) is 6.45. The summed E-state index contributed by atoms with van der Waals surface area (Å²) in [7, 11) is 0. The summed E-state index contributed by atoms with van der Waals surface area (Å²) in [6.45, 7) is 4.05. The number of nitrogens with two attached hydrogens (primary N) is 2. The maximum atomic E-state index is 10.9. The van der Waals surface area contributed by atoms with E-state index in [2.05, 4.69) is 17.9 Å². The highest BCUT2D eigenvalue weighted by atomic mass is 16.1. The molecule has 1 fully saturated rings. The lowest BCUT2D eigenvalue weighted by atomic mass is 9.92. The van der Waals surface area contributed by atoms with E-state index in [1.165, 1.54) is 11.3 Å². The predicted molar refractivity (Wildman–Crippen MR) is 74.3 cm³/mol. The molecule has 0 atom stereocenters. The van der Waals surface area contributed by atoms with E-state index < -0.39 is 0 Å². The zero-order valence-corrected chi connectivity index (χ0v) is 10.9. The van der Waals surface area contributed by atoms with Crippen molar-refractivity contribution in [3.63, 3.8) is 0 Å². The highest BCUT2D eigenvalue weighted by Gasteiger charge is 2.21. The number of nitrogens with zero attached hydrogens (tertiary/aromatic N) is 1. The Balaban J connectivity index is 2.01. The van der Waals surface area contributed by atoms with Crippen LogP contribution < -0.4 is 16.4 Å². The molecule has 1 aliphatic rings. The number of carbonyl (C=O) groups excluding carboxylic acids is 1. The molecule has 4 nitrogen and oxygen atoms in total. The Labute approximate surface area is 108 Å². The van der Waals surface area contributed by atoms with Crippen molar-refractivity contribution in [3.8, 4) is 0 Å².